The van der Waals surface area contributed by atoms with Crippen LogP contribution in [0.4, 0.5) is 5.82 Å². The number of hydrogen-bond acceptors (Lipinski definition) is 7. The summed E-state index contributed by atoms with van der Waals surface area (Å²) in [4.78, 5) is 25.2. The highest BCUT2D eigenvalue weighted by Gasteiger charge is 2.28. The van der Waals surface area contributed by atoms with Crippen LogP contribution < -0.4 is 5.06 Å². The van der Waals surface area contributed by atoms with Crippen LogP contribution in [0.5, 0.6) is 0 Å². The average molecular weight is 336 g/mol. The molecule has 1 aromatic heterocycles. The highest BCUT2D eigenvalue weighted by Crippen LogP contribution is 2.30. The number of halogens is 2. The first-order valence-electron chi connectivity index (χ1n) is 6.29. The predicted octanol–water partition coefficient (Wildman–Crippen LogP) is 2.12. The number of hydroxylamine groups is 1. The standard InChI is InChI=1S/C12H15Cl2N3O4/c1-6(2)17(21-5-7-4-20-7)10-8(13)9(11(18)19-3)15-12(14)16-10/h6-7H,4-5H2,1-3H3/t7-/m0/s1. The van der Waals surface area contributed by atoms with Crippen molar-refractivity contribution in [2.75, 3.05) is 25.4 Å². The van der Waals surface area contributed by atoms with Gasteiger partial charge in [0.25, 0.3) is 0 Å². The van der Waals surface area contributed by atoms with E-state index in [0.717, 1.165) is 0 Å². The van der Waals surface area contributed by atoms with Crippen LogP contribution in [0, 0.1) is 0 Å². The lowest BCUT2D eigenvalue weighted by atomic mass is 10.3. The number of epoxide rings is 1. The Kier molecular flexibility index (Phi) is 5.21. The van der Waals surface area contributed by atoms with Crippen molar-refractivity contribution in [3.05, 3.63) is 16.0 Å². The molecule has 1 fully saturated rings. The molecule has 0 aromatic carbocycles. The minimum Gasteiger partial charge on any atom is -0.464 e. The van der Waals surface area contributed by atoms with Gasteiger partial charge in [0.05, 0.1) is 19.8 Å². The average Bonchev–Trinajstić information content (AvgIpc) is 3.25. The van der Waals surface area contributed by atoms with Gasteiger partial charge in [0.2, 0.25) is 5.28 Å². The Morgan fingerprint density at radius 3 is 2.67 bits per heavy atom. The van der Waals surface area contributed by atoms with Gasteiger partial charge in [-0.05, 0) is 25.4 Å². The van der Waals surface area contributed by atoms with Crippen LogP contribution in [-0.4, -0.2) is 48.4 Å². The Hall–Kier alpha value is -1.15. The zero-order valence-electron chi connectivity index (χ0n) is 11.8. The van der Waals surface area contributed by atoms with E-state index in [1.807, 2.05) is 13.8 Å². The summed E-state index contributed by atoms with van der Waals surface area (Å²) in [5, 5.41) is 1.38. The molecule has 2 rings (SSSR count). The zero-order valence-corrected chi connectivity index (χ0v) is 13.3. The van der Waals surface area contributed by atoms with E-state index < -0.39 is 5.97 Å². The molecule has 0 spiro atoms. The largest absolute Gasteiger partial charge is 0.464 e. The number of esters is 1. The maximum atomic E-state index is 11.7. The first kappa shape index (κ1) is 16.2. The van der Waals surface area contributed by atoms with E-state index >= 15 is 0 Å². The van der Waals surface area contributed by atoms with E-state index in [9.17, 15) is 4.79 Å². The maximum Gasteiger partial charge on any atom is 0.358 e. The van der Waals surface area contributed by atoms with Crippen LogP contribution in [0.25, 0.3) is 0 Å². The van der Waals surface area contributed by atoms with Gasteiger partial charge in [0, 0.05) is 0 Å². The molecular weight excluding hydrogens is 321 g/mol. The van der Waals surface area contributed by atoms with E-state index in [-0.39, 0.29) is 34.0 Å². The molecule has 0 aliphatic carbocycles. The first-order chi connectivity index (χ1) is 9.93. The maximum absolute atomic E-state index is 11.7. The van der Waals surface area contributed by atoms with Gasteiger partial charge in [-0.3, -0.25) is 4.84 Å². The molecular formula is C12H15Cl2N3O4. The Balaban J connectivity index is 2.33. The number of nitrogens with zero attached hydrogens (tertiary/aromatic N) is 3. The summed E-state index contributed by atoms with van der Waals surface area (Å²) in [5.41, 5.74) is -0.105. The Bertz CT molecular complexity index is 537. The fourth-order valence-corrected chi connectivity index (χ4v) is 1.98. The van der Waals surface area contributed by atoms with Crippen molar-refractivity contribution in [2.45, 2.75) is 26.0 Å². The lowest BCUT2D eigenvalue weighted by Gasteiger charge is -2.27. The summed E-state index contributed by atoms with van der Waals surface area (Å²) in [5.74, 6) is -0.479. The molecule has 0 N–H and O–H groups in total. The summed E-state index contributed by atoms with van der Waals surface area (Å²) in [6.45, 7) is 4.80. The third-order valence-corrected chi connectivity index (χ3v) is 3.18. The molecule has 116 valence electrons. The number of carbonyl (C=O) groups is 1. The number of aromatic nitrogens is 2. The highest BCUT2D eigenvalue weighted by atomic mass is 35.5. The Morgan fingerprint density at radius 2 is 2.14 bits per heavy atom. The van der Waals surface area contributed by atoms with Gasteiger partial charge in [0.1, 0.15) is 17.7 Å². The summed E-state index contributed by atoms with van der Waals surface area (Å²) in [6.07, 6.45) is 0.0717. The summed E-state index contributed by atoms with van der Waals surface area (Å²) in [7, 11) is 1.23. The Labute approximate surface area is 132 Å². The number of anilines is 1. The van der Waals surface area contributed by atoms with Gasteiger partial charge in [-0.25, -0.2) is 14.8 Å². The molecule has 21 heavy (non-hydrogen) atoms. The second-order valence-corrected chi connectivity index (χ2v) is 5.36. The first-order valence-corrected chi connectivity index (χ1v) is 7.04. The van der Waals surface area contributed by atoms with Crippen molar-refractivity contribution in [1.82, 2.24) is 9.97 Å². The summed E-state index contributed by atoms with van der Waals surface area (Å²) in [6, 6.07) is -0.0855. The predicted molar refractivity (Wildman–Crippen MR) is 76.7 cm³/mol. The summed E-state index contributed by atoms with van der Waals surface area (Å²) < 4.78 is 9.71. The van der Waals surface area contributed by atoms with E-state index in [0.29, 0.717) is 13.2 Å². The minimum atomic E-state index is -0.695. The van der Waals surface area contributed by atoms with Crippen molar-refractivity contribution in [3.8, 4) is 0 Å². The van der Waals surface area contributed by atoms with Crippen LogP contribution in [-0.2, 0) is 14.3 Å². The van der Waals surface area contributed by atoms with E-state index in [4.69, 9.17) is 32.8 Å². The fraction of sp³-hybridized carbons (Fsp3) is 0.583. The molecule has 9 heteroatoms. The van der Waals surface area contributed by atoms with Gasteiger partial charge in [-0.1, -0.05) is 11.6 Å². The van der Waals surface area contributed by atoms with E-state index in [2.05, 4.69) is 14.7 Å². The van der Waals surface area contributed by atoms with E-state index in [1.54, 1.807) is 0 Å². The van der Waals surface area contributed by atoms with Gasteiger partial charge in [0.15, 0.2) is 11.5 Å². The summed E-state index contributed by atoms with van der Waals surface area (Å²) >= 11 is 12.0. The second-order valence-electron chi connectivity index (χ2n) is 4.64. The molecule has 0 radical (unpaired) electrons. The van der Waals surface area contributed by atoms with Crippen molar-refractivity contribution in [1.29, 1.82) is 0 Å². The van der Waals surface area contributed by atoms with Crippen molar-refractivity contribution >= 4 is 35.0 Å². The molecule has 0 amide bonds. The van der Waals surface area contributed by atoms with Gasteiger partial charge in [-0.15, -0.1) is 0 Å². The minimum absolute atomic E-state index is 0.0247. The van der Waals surface area contributed by atoms with Crippen LogP contribution in [0.15, 0.2) is 0 Å². The number of hydrogen-bond donors (Lipinski definition) is 0. The van der Waals surface area contributed by atoms with Gasteiger partial charge < -0.3 is 9.47 Å². The van der Waals surface area contributed by atoms with Gasteiger partial charge >= 0.3 is 5.97 Å². The topological polar surface area (TPSA) is 77.1 Å². The molecule has 0 unspecified atom stereocenters. The monoisotopic (exact) mass is 335 g/mol. The van der Waals surface area contributed by atoms with Crippen molar-refractivity contribution in [3.63, 3.8) is 0 Å². The molecule has 0 saturated carbocycles. The molecule has 1 aliphatic heterocycles. The number of rotatable bonds is 6. The molecule has 0 bridgehead atoms. The van der Waals surface area contributed by atoms with Crippen LogP contribution in [0.2, 0.25) is 10.3 Å². The number of ether oxygens (including phenoxy) is 2. The lowest BCUT2D eigenvalue weighted by molar-refractivity contribution is 0.0592. The zero-order chi connectivity index (χ0) is 15.6. The van der Waals surface area contributed by atoms with Crippen LogP contribution in [0.3, 0.4) is 0 Å². The highest BCUT2D eigenvalue weighted by molar-refractivity contribution is 6.36. The van der Waals surface area contributed by atoms with Crippen LogP contribution in [0.1, 0.15) is 24.3 Å². The third-order valence-electron chi connectivity index (χ3n) is 2.66. The smallest absolute Gasteiger partial charge is 0.358 e. The lowest BCUT2D eigenvalue weighted by Crippen LogP contribution is -2.34. The van der Waals surface area contributed by atoms with E-state index in [1.165, 1.54) is 12.2 Å². The second kappa shape index (κ2) is 6.74. The SMILES string of the molecule is COC(=O)c1nc(Cl)nc(N(OC[C@@H]2CO2)C(C)C)c1Cl. The molecule has 1 saturated heterocycles. The number of carbonyl (C=O) groups excluding carboxylic acids is 1. The van der Waals surface area contributed by atoms with Crippen molar-refractivity contribution in [2.24, 2.45) is 0 Å². The quantitative estimate of drug-likeness (QED) is 0.341. The Morgan fingerprint density at radius 1 is 1.48 bits per heavy atom. The normalized spacial score (nSPS) is 17.0. The van der Waals surface area contributed by atoms with Crippen molar-refractivity contribution < 1.29 is 19.1 Å². The molecule has 2 heterocycles. The third kappa shape index (κ3) is 3.94. The molecule has 1 atom stereocenters. The number of methoxy groups -OCH3 is 1. The van der Waals surface area contributed by atoms with Crippen LogP contribution >= 0.6 is 23.2 Å². The molecule has 1 aromatic rings. The van der Waals surface area contributed by atoms with Gasteiger partial charge in [-0.2, -0.15) is 4.98 Å². The molecule has 7 nitrogen and oxygen atoms in total. The molecule has 1 aliphatic rings. The fourth-order valence-electron chi connectivity index (χ4n) is 1.57.